The first-order valence-electron chi connectivity index (χ1n) is 11.8. The number of ether oxygens (including phenoxy) is 1. The van der Waals surface area contributed by atoms with E-state index in [0.29, 0.717) is 11.3 Å². The lowest BCUT2D eigenvalue weighted by Gasteiger charge is -2.21. The normalized spacial score (nSPS) is 11.3. The summed E-state index contributed by atoms with van der Waals surface area (Å²) in [7, 11) is 0. The molecule has 7 N–H and O–H groups in total. The number of hydrogen-bond acceptors (Lipinski definition) is 7. The van der Waals surface area contributed by atoms with Crippen molar-refractivity contribution in [3.63, 3.8) is 0 Å². The molecule has 0 radical (unpaired) electrons. The Morgan fingerprint density at radius 1 is 0.838 bits per heavy atom. The fourth-order valence-electron chi connectivity index (χ4n) is 2.81. The molecule has 1 atom stereocenters. The monoisotopic (exact) mass is 520 g/mol. The van der Waals surface area contributed by atoms with Gasteiger partial charge in [0.15, 0.2) is 0 Å². The van der Waals surface area contributed by atoms with Crippen molar-refractivity contribution in [2.75, 3.05) is 25.0 Å². The number of nitrogens with two attached hydrogens (primary N) is 1. The summed E-state index contributed by atoms with van der Waals surface area (Å²) < 4.78 is 4.93. The van der Waals surface area contributed by atoms with E-state index < -0.39 is 35.8 Å². The smallest absolute Gasteiger partial charge is 0.407 e. The quantitative estimate of drug-likeness (QED) is 0.194. The van der Waals surface area contributed by atoms with Gasteiger partial charge in [0.2, 0.25) is 29.5 Å². The average Bonchev–Trinajstić information content (AvgIpc) is 2.83. The van der Waals surface area contributed by atoms with E-state index in [0.717, 1.165) is 0 Å². The molecule has 0 aliphatic carbocycles. The van der Waals surface area contributed by atoms with Crippen LogP contribution in [0.5, 0.6) is 0 Å². The molecular formula is C24H36N6O7. The molecule has 13 nitrogen and oxygen atoms in total. The van der Waals surface area contributed by atoms with Gasteiger partial charge in [-0.1, -0.05) is 39.8 Å². The zero-order chi connectivity index (χ0) is 28.0. The molecule has 1 aromatic rings. The molecule has 1 aromatic carbocycles. The standard InChI is InChI=1S/C24H36N6O7/c1-14(2)21(30-19(32)9-10-26-22(34)15(3)4)23(35)27-12-20(33)29-17-7-5-16(6-8-17)13-37-24(36)28-11-18(25)31/h5-8,14-15,21H,9-13H2,1-4H3,(H2,25,31)(H,26,34)(H,27,35)(H,28,36)(H,29,33)(H,30,32). The number of primary amides is 1. The zero-order valence-corrected chi connectivity index (χ0v) is 21.5. The molecular weight excluding hydrogens is 484 g/mol. The molecule has 0 saturated heterocycles. The molecule has 0 aliphatic heterocycles. The molecule has 0 fully saturated rings. The molecule has 37 heavy (non-hydrogen) atoms. The van der Waals surface area contributed by atoms with E-state index in [1.54, 1.807) is 52.0 Å². The summed E-state index contributed by atoms with van der Waals surface area (Å²) in [5, 5.41) is 12.6. The van der Waals surface area contributed by atoms with Crippen molar-refractivity contribution >= 4 is 41.3 Å². The topological polar surface area (TPSA) is 198 Å². The van der Waals surface area contributed by atoms with Crippen LogP contribution in [-0.4, -0.2) is 61.3 Å². The average molecular weight is 521 g/mol. The predicted molar refractivity (Wildman–Crippen MR) is 135 cm³/mol. The molecule has 0 spiro atoms. The molecule has 1 unspecified atom stereocenters. The highest BCUT2D eigenvalue weighted by molar-refractivity contribution is 5.96. The van der Waals surface area contributed by atoms with Crippen LogP contribution < -0.4 is 32.3 Å². The summed E-state index contributed by atoms with van der Waals surface area (Å²) in [4.78, 5) is 70.6. The van der Waals surface area contributed by atoms with Gasteiger partial charge in [-0.05, 0) is 23.6 Å². The van der Waals surface area contributed by atoms with E-state index in [4.69, 9.17) is 10.5 Å². The van der Waals surface area contributed by atoms with Crippen LogP contribution in [-0.2, 0) is 35.3 Å². The maximum Gasteiger partial charge on any atom is 0.407 e. The summed E-state index contributed by atoms with van der Waals surface area (Å²) in [5.74, 6) is -2.66. The number of anilines is 1. The van der Waals surface area contributed by atoms with Crippen LogP contribution >= 0.6 is 0 Å². The van der Waals surface area contributed by atoms with Crippen LogP contribution in [0, 0.1) is 11.8 Å². The second-order valence-corrected chi connectivity index (χ2v) is 8.84. The molecule has 0 heterocycles. The van der Waals surface area contributed by atoms with Crippen LogP contribution in [0.1, 0.15) is 39.7 Å². The van der Waals surface area contributed by atoms with Gasteiger partial charge in [-0.3, -0.25) is 24.0 Å². The SMILES string of the molecule is CC(C)C(=O)NCCC(=O)NC(C(=O)NCC(=O)Nc1ccc(COC(=O)NCC(N)=O)cc1)C(C)C. The molecule has 6 amide bonds. The number of nitrogens with one attached hydrogen (secondary N) is 5. The van der Waals surface area contributed by atoms with E-state index in [9.17, 15) is 28.8 Å². The lowest BCUT2D eigenvalue weighted by Crippen LogP contribution is -2.51. The fraction of sp³-hybridized carbons (Fsp3) is 0.500. The minimum absolute atomic E-state index is 0.0223. The minimum Gasteiger partial charge on any atom is -0.445 e. The van der Waals surface area contributed by atoms with E-state index in [-0.39, 0.29) is 50.4 Å². The lowest BCUT2D eigenvalue weighted by atomic mass is 10.0. The molecule has 13 heteroatoms. The molecule has 0 saturated carbocycles. The van der Waals surface area contributed by atoms with Crippen LogP contribution in [0.2, 0.25) is 0 Å². The lowest BCUT2D eigenvalue weighted by molar-refractivity contribution is -0.131. The van der Waals surface area contributed by atoms with Gasteiger partial charge in [-0.15, -0.1) is 0 Å². The first kappa shape index (κ1) is 30.9. The maximum absolute atomic E-state index is 12.6. The zero-order valence-electron chi connectivity index (χ0n) is 21.5. The highest BCUT2D eigenvalue weighted by Crippen LogP contribution is 2.10. The van der Waals surface area contributed by atoms with Gasteiger partial charge in [-0.25, -0.2) is 4.79 Å². The highest BCUT2D eigenvalue weighted by atomic mass is 16.5. The van der Waals surface area contributed by atoms with Gasteiger partial charge in [0, 0.05) is 24.6 Å². The Labute approximate surface area is 215 Å². The number of rotatable bonds is 14. The van der Waals surface area contributed by atoms with Gasteiger partial charge in [0.1, 0.15) is 12.6 Å². The second kappa shape index (κ2) is 15.8. The van der Waals surface area contributed by atoms with E-state index in [1.165, 1.54) is 0 Å². The Balaban J connectivity index is 2.46. The van der Waals surface area contributed by atoms with E-state index in [1.807, 2.05) is 0 Å². The highest BCUT2D eigenvalue weighted by Gasteiger charge is 2.24. The summed E-state index contributed by atoms with van der Waals surface area (Å²) >= 11 is 0. The number of carbonyl (C=O) groups excluding carboxylic acids is 6. The van der Waals surface area contributed by atoms with Crippen LogP contribution in [0.15, 0.2) is 24.3 Å². The summed E-state index contributed by atoms with van der Waals surface area (Å²) in [6.45, 7) is 6.47. The number of amides is 6. The van der Waals surface area contributed by atoms with Gasteiger partial charge in [0.25, 0.3) is 0 Å². The van der Waals surface area contributed by atoms with Crippen molar-refractivity contribution < 1.29 is 33.5 Å². The number of carbonyl (C=O) groups is 6. The fourth-order valence-corrected chi connectivity index (χ4v) is 2.81. The Kier molecular flexibility index (Phi) is 13.1. The van der Waals surface area contributed by atoms with E-state index >= 15 is 0 Å². The summed E-state index contributed by atoms with van der Waals surface area (Å²) in [6, 6.07) is 5.59. The Hall–Kier alpha value is -4.16. The molecule has 204 valence electrons. The molecule has 0 aliphatic rings. The molecule has 0 aromatic heterocycles. The van der Waals surface area contributed by atoms with Crippen molar-refractivity contribution in [2.24, 2.45) is 17.6 Å². The maximum atomic E-state index is 12.6. The number of alkyl carbamates (subject to hydrolysis) is 1. The van der Waals surface area contributed by atoms with Gasteiger partial charge < -0.3 is 37.1 Å². The first-order chi connectivity index (χ1) is 17.4. The van der Waals surface area contributed by atoms with Crippen molar-refractivity contribution in [1.29, 1.82) is 0 Å². The molecule has 1 rings (SSSR count). The van der Waals surface area contributed by atoms with Crippen molar-refractivity contribution in [3.05, 3.63) is 29.8 Å². The van der Waals surface area contributed by atoms with Crippen molar-refractivity contribution in [3.8, 4) is 0 Å². The number of benzene rings is 1. The molecule has 0 bridgehead atoms. The van der Waals surface area contributed by atoms with E-state index in [2.05, 4.69) is 26.6 Å². The largest absolute Gasteiger partial charge is 0.445 e. The minimum atomic E-state index is -0.847. The van der Waals surface area contributed by atoms with Crippen LogP contribution in [0.4, 0.5) is 10.5 Å². The van der Waals surface area contributed by atoms with Crippen molar-refractivity contribution in [2.45, 2.75) is 46.8 Å². The summed E-state index contributed by atoms with van der Waals surface area (Å²) in [5.41, 5.74) is 6.02. The van der Waals surface area contributed by atoms with Crippen LogP contribution in [0.3, 0.4) is 0 Å². The Bertz CT molecular complexity index is 963. The second-order valence-electron chi connectivity index (χ2n) is 8.84. The first-order valence-corrected chi connectivity index (χ1v) is 11.8. The predicted octanol–water partition coefficient (Wildman–Crippen LogP) is -0.244. The third-order valence-corrected chi connectivity index (χ3v) is 4.88. The Morgan fingerprint density at radius 2 is 1.49 bits per heavy atom. The van der Waals surface area contributed by atoms with Gasteiger partial charge in [0.05, 0.1) is 13.1 Å². The van der Waals surface area contributed by atoms with Gasteiger partial charge >= 0.3 is 6.09 Å². The van der Waals surface area contributed by atoms with Crippen LogP contribution in [0.25, 0.3) is 0 Å². The van der Waals surface area contributed by atoms with Crippen molar-refractivity contribution in [1.82, 2.24) is 21.3 Å². The number of hydrogen-bond donors (Lipinski definition) is 6. The van der Waals surface area contributed by atoms with Gasteiger partial charge in [-0.2, -0.15) is 0 Å². The Morgan fingerprint density at radius 3 is 2.05 bits per heavy atom. The summed E-state index contributed by atoms with van der Waals surface area (Å²) in [6.07, 6.45) is -0.769. The third-order valence-electron chi connectivity index (χ3n) is 4.88. The third kappa shape index (κ3) is 12.9.